The first kappa shape index (κ1) is 15.6. The lowest BCUT2D eigenvalue weighted by Crippen LogP contribution is -2.19. The molecular weight excluding hydrogens is 304 g/mol. The minimum Gasteiger partial charge on any atom is -0.0843 e. The van der Waals surface area contributed by atoms with Crippen LogP contribution in [-0.4, -0.2) is 8.07 Å². The number of benzene rings is 2. The summed E-state index contributed by atoms with van der Waals surface area (Å²) in [6.07, 6.45) is 2.16. The molecule has 0 saturated carbocycles. The van der Waals surface area contributed by atoms with Crippen molar-refractivity contribution in [2.24, 2.45) is 0 Å². The average Bonchev–Trinajstić information content (AvgIpc) is 2.78. The fourth-order valence-corrected chi connectivity index (χ4v) is 4.89. The van der Waals surface area contributed by atoms with Crippen molar-refractivity contribution in [1.82, 2.24) is 0 Å². The standard InChI is InChI=1S/C20H23ClSi/c1-22(2,3)14-20-17(12-15-8-10-18(21)11-9-15)13-16-6-4-5-7-19(16)20/h4-11H,12-14H2,1-3H3. The summed E-state index contributed by atoms with van der Waals surface area (Å²) in [5.41, 5.74) is 7.57. The SMILES string of the molecule is C[Si](C)(C)CC1=C(Cc2ccc(Cl)cc2)Cc2ccccc21. The van der Waals surface area contributed by atoms with Crippen molar-refractivity contribution in [3.8, 4) is 0 Å². The molecule has 0 N–H and O–H groups in total. The van der Waals surface area contributed by atoms with Crippen molar-refractivity contribution in [1.29, 1.82) is 0 Å². The molecule has 0 nitrogen and oxygen atoms in total. The molecule has 0 aliphatic heterocycles. The summed E-state index contributed by atoms with van der Waals surface area (Å²) in [6, 6.07) is 18.5. The maximum absolute atomic E-state index is 6.01. The maximum Gasteiger partial charge on any atom is 0.0487 e. The van der Waals surface area contributed by atoms with E-state index in [-0.39, 0.29) is 0 Å². The minimum absolute atomic E-state index is 0.815. The van der Waals surface area contributed by atoms with Gasteiger partial charge in [-0.1, -0.05) is 73.2 Å². The van der Waals surface area contributed by atoms with E-state index in [0.717, 1.165) is 17.9 Å². The van der Waals surface area contributed by atoms with Crippen molar-refractivity contribution in [3.63, 3.8) is 0 Å². The van der Waals surface area contributed by atoms with Crippen LogP contribution in [0.5, 0.6) is 0 Å². The zero-order chi connectivity index (χ0) is 15.7. The molecular formula is C20H23ClSi. The predicted molar refractivity (Wildman–Crippen MR) is 100 cm³/mol. The van der Waals surface area contributed by atoms with E-state index in [1.54, 1.807) is 11.1 Å². The molecule has 1 aliphatic carbocycles. The third-order valence-electron chi connectivity index (χ3n) is 4.21. The number of hydrogen-bond donors (Lipinski definition) is 0. The van der Waals surface area contributed by atoms with Crippen molar-refractivity contribution in [2.75, 3.05) is 0 Å². The van der Waals surface area contributed by atoms with Crippen LogP contribution in [0, 0.1) is 0 Å². The van der Waals surface area contributed by atoms with Gasteiger partial charge in [-0.05, 0) is 53.3 Å². The lowest BCUT2D eigenvalue weighted by molar-refractivity contribution is 1.06. The monoisotopic (exact) mass is 326 g/mol. The van der Waals surface area contributed by atoms with Crippen molar-refractivity contribution < 1.29 is 0 Å². The number of fused-ring (bicyclic) bond motifs is 1. The molecule has 0 saturated heterocycles. The van der Waals surface area contributed by atoms with Gasteiger partial charge in [-0.25, -0.2) is 0 Å². The van der Waals surface area contributed by atoms with Crippen LogP contribution in [0.25, 0.3) is 5.57 Å². The Morgan fingerprint density at radius 3 is 2.32 bits per heavy atom. The number of halogens is 1. The highest BCUT2D eigenvalue weighted by Gasteiger charge is 2.25. The Labute approximate surface area is 139 Å². The maximum atomic E-state index is 6.01. The molecule has 0 amide bonds. The van der Waals surface area contributed by atoms with Crippen molar-refractivity contribution >= 4 is 25.2 Å². The van der Waals surface area contributed by atoms with Crippen LogP contribution < -0.4 is 0 Å². The fraction of sp³-hybridized carbons (Fsp3) is 0.300. The summed E-state index contributed by atoms with van der Waals surface area (Å²) >= 11 is 6.01. The van der Waals surface area contributed by atoms with Crippen molar-refractivity contribution in [2.45, 2.75) is 38.5 Å². The molecule has 3 rings (SSSR count). The molecule has 0 spiro atoms. The van der Waals surface area contributed by atoms with Gasteiger partial charge in [0.25, 0.3) is 0 Å². The van der Waals surface area contributed by atoms with E-state index in [1.165, 1.54) is 22.7 Å². The second-order valence-electron chi connectivity index (χ2n) is 7.46. The van der Waals surface area contributed by atoms with Gasteiger partial charge in [-0.3, -0.25) is 0 Å². The van der Waals surface area contributed by atoms with E-state index in [1.807, 2.05) is 12.1 Å². The Kier molecular flexibility index (Phi) is 4.29. The zero-order valence-electron chi connectivity index (χ0n) is 13.6. The Bertz CT molecular complexity index is 705. The van der Waals surface area contributed by atoms with Gasteiger partial charge in [0.05, 0.1) is 0 Å². The third-order valence-corrected chi connectivity index (χ3v) is 5.88. The molecule has 114 valence electrons. The number of allylic oxidation sites excluding steroid dienone is 2. The molecule has 2 aromatic carbocycles. The number of hydrogen-bond acceptors (Lipinski definition) is 0. The highest BCUT2D eigenvalue weighted by molar-refractivity contribution is 6.77. The summed E-state index contributed by atoms with van der Waals surface area (Å²) in [5.74, 6) is 0. The van der Waals surface area contributed by atoms with Crippen LogP contribution in [-0.2, 0) is 12.8 Å². The first-order valence-electron chi connectivity index (χ1n) is 7.96. The van der Waals surface area contributed by atoms with E-state index in [4.69, 9.17) is 11.6 Å². The molecule has 0 radical (unpaired) electrons. The van der Waals surface area contributed by atoms with Crippen LogP contribution in [0.15, 0.2) is 54.1 Å². The van der Waals surface area contributed by atoms with Gasteiger partial charge in [-0.15, -0.1) is 0 Å². The van der Waals surface area contributed by atoms with Gasteiger partial charge in [0.1, 0.15) is 0 Å². The second-order valence-corrected chi connectivity index (χ2v) is 13.4. The average molecular weight is 327 g/mol. The van der Waals surface area contributed by atoms with E-state index in [2.05, 4.69) is 56.0 Å². The normalized spacial score (nSPS) is 14.4. The lowest BCUT2D eigenvalue weighted by Gasteiger charge is -2.19. The molecule has 22 heavy (non-hydrogen) atoms. The predicted octanol–water partition coefficient (Wildman–Crippen LogP) is 6.23. The molecule has 2 aromatic rings. The fourth-order valence-electron chi connectivity index (χ4n) is 3.26. The molecule has 0 aromatic heterocycles. The van der Waals surface area contributed by atoms with E-state index in [9.17, 15) is 0 Å². The first-order chi connectivity index (χ1) is 10.4. The Hall–Kier alpha value is -1.31. The summed E-state index contributed by atoms with van der Waals surface area (Å²) in [5, 5.41) is 0.815. The smallest absolute Gasteiger partial charge is 0.0487 e. The molecule has 0 fully saturated rings. The largest absolute Gasteiger partial charge is 0.0843 e. The molecule has 1 aliphatic rings. The first-order valence-corrected chi connectivity index (χ1v) is 12.0. The van der Waals surface area contributed by atoms with Gasteiger partial charge >= 0.3 is 0 Å². The molecule has 0 atom stereocenters. The lowest BCUT2D eigenvalue weighted by atomic mass is 10.0. The van der Waals surface area contributed by atoms with Crippen LogP contribution in [0.2, 0.25) is 30.7 Å². The summed E-state index contributed by atoms with van der Waals surface area (Å²) in [4.78, 5) is 0. The summed E-state index contributed by atoms with van der Waals surface area (Å²) < 4.78 is 0. The zero-order valence-corrected chi connectivity index (χ0v) is 15.4. The van der Waals surface area contributed by atoms with Crippen LogP contribution in [0.4, 0.5) is 0 Å². The topological polar surface area (TPSA) is 0 Å². The highest BCUT2D eigenvalue weighted by Crippen LogP contribution is 2.39. The molecule has 0 heterocycles. The van der Waals surface area contributed by atoms with Gasteiger partial charge in [0.2, 0.25) is 0 Å². The highest BCUT2D eigenvalue weighted by atomic mass is 35.5. The van der Waals surface area contributed by atoms with Gasteiger partial charge < -0.3 is 0 Å². The Morgan fingerprint density at radius 2 is 1.64 bits per heavy atom. The van der Waals surface area contributed by atoms with Gasteiger partial charge in [-0.2, -0.15) is 0 Å². The van der Waals surface area contributed by atoms with E-state index < -0.39 is 8.07 Å². The second kappa shape index (κ2) is 6.06. The summed E-state index contributed by atoms with van der Waals surface area (Å²) in [6.45, 7) is 7.38. The van der Waals surface area contributed by atoms with Crippen LogP contribution in [0.3, 0.4) is 0 Å². The molecule has 2 heteroatoms. The van der Waals surface area contributed by atoms with Crippen LogP contribution in [0.1, 0.15) is 16.7 Å². The van der Waals surface area contributed by atoms with Crippen LogP contribution >= 0.6 is 11.6 Å². The van der Waals surface area contributed by atoms with Gasteiger partial charge in [0.15, 0.2) is 0 Å². The van der Waals surface area contributed by atoms with E-state index in [0.29, 0.717) is 0 Å². The number of rotatable bonds is 4. The third kappa shape index (κ3) is 3.53. The van der Waals surface area contributed by atoms with Gasteiger partial charge in [0, 0.05) is 13.1 Å². The molecule has 0 bridgehead atoms. The summed E-state index contributed by atoms with van der Waals surface area (Å²) in [7, 11) is -1.14. The van der Waals surface area contributed by atoms with E-state index >= 15 is 0 Å². The quantitative estimate of drug-likeness (QED) is 0.584. The minimum atomic E-state index is -1.14. The van der Waals surface area contributed by atoms with Crippen molar-refractivity contribution in [3.05, 3.63) is 75.8 Å². The molecule has 0 unspecified atom stereocenters. The Balaban J connectivity index is 1.95. The Morgan fingerprint density at radius 1 is 0.955 bits per heavy atom.